The van der Waals surface area contributed by atoms with Crippen LogP contribution in [0.15, 0.2) is 41.9 Å². The molecule has 0 bridgehead atoms. The standard InChI is InChI=1S/C19H24N4O2S/c24-18(13-22-19(25)17-7-4-12-26-17)23(14-15-5-1-2-10-21-15)16-6-3-9-20-11-8-16/h1-2,4-5,7,10,12,16,20H,3,6,8-9,11,13-14H2,(H,22,25). The summed E-state index contributed by atoms with van der Waals surface area (Å²) in [6.45, 7) is 2.36. The van der Waals surface area contributed by atoms with Crippen LogP contribution >= 0.6 is 11.3 Å². The normalized spacial score (nSPS) is 17.3. The summed E-state index contributed by atoms with van der Waals surface area (Å²) in [6, 6.07) is 9.48. The van der Waals surface area contributed by atoms with Crippen LogP contribution in [-0.4, -0.2) is 47.4 Å². The van der Waals surface area contributed by atoms with Crippen molar-refractivity contribution in [1.82, 2.24) is 20.5 Å². The van der Waals surface area contributed by atoms with E-state index in [1.54, 1.807) is 12.3 Å². The average Bonchev–Trinajstić information content (AvgIpc) is 3.08. The fourth-order valence-electron chi connectivity index (χ4n) is 3.15. The molecule has 26 heavy (non-hydrogen) atoms. The number of pyridine rings is 1. The number of aromatic nitrogens is 1. The number of rotatable bonds is 6. The third kappa shape index (κ3) is 5.12. The first-order chi connectivity index (χ1) is 12.7. The number of carbonyl (C=O) groups excluding carboxylic acids is 2. The topological polar surface area (TPSA) is 74.3 Å². The summed E-state index contributed by atoms with van der Waals surface area (Å²) in [5, 5.41) is 7.98. The molecular weight excluding hydrogens is 348 g/mol. The second-order valence-electron chi connectivity index (χ2n) is 6.34. The van der Waals surface area contributed by atoms with Gasteiger partial charge in [-0.25, -0.2) is 0 Å². The van der Waals surface area contributed by atoms with Gasteiger partial charge in [0.2, 0.25) is 5.91 Å². The Labute approximate surface area is 157 Å². The molecule has 0 spiro atoms. The first kappa shape index (κ1) is 18.5. The van der Waals surface area contributed by atoms with Crippen LogP contribution < -0.4 is 10.6 Å². The predicted octanol–water partition coefficient (Wildman–Crippen LogP) is 2.04. The molecule has 0 aromatic carbocycles. The second-order valence-corrected chi connectivity index (χ2v) is 7.29. The van der Waals surface area contributed by atoms with Crippen molar-refractivity contribution in [3.05, 3.63) is 52.5 Å². The van der Waals surface area contributed by atoms with Crippen molar-refractivity contribution in [1.29, 1.82) is 0 Å². The maximum atomic E-state index is 12.9. The maximum Gasteiger partial charge on any atom is 0.261 e. The molecular formula is C19H24N4O2S. The van der Waals surface area contributed by atoms with Gasteiger partial charge in [-0.2, -0.15) is 0 Å². The van der Waals surface area contributed by atoms with Crippen LogP contribution in [-0.2, 0) is 11.3 Å². The molecule has 1 aliphatic heterocycles. The predicted molar refractivity (Wildman–Crippen MR) is 102 cm³/mol. The molecule has 1 unspecified atom stereocenters. The largest absolute Gasteiger partial charge is 0.342 e. The Balaban J connectivity index is 1.66. The summed E-state index contributed by atoms with van der Waals surface area (Å²) in [7, 11) is 0. The van der Waals surface area contributed by atoms with Crippen molar-refractivity contribution >= 4 is 23.2 Å². The molecule has 2 aromatic rings. The first-order valence-electron chi connectivity index (χ1n) is 8.96. The lowest BCUT2D eigenvalue weighted by molar-refractivity contribution is -0.133. The molecule has 6 nitrogen and oxygen atoms in total. The Morgan fingerprint density at radius 3 is 2.92 bits per heavy atom. The monoisotopic (exact) mass is 372 g/mol. The molecule has 2 aromatic heterocycles. The highest BCUT2D eigenvalue weighted by atomic mass is 32.1. The number of nitrogens with zero attached hydrogens (tertiary/aromatic N) is 2. The lowest BCUT2D eigenvalue weighted by atomic mass is 10.1. The smallest absolute Gasteiger partial charge is 0.261 e. The molecule has 0 saturated carbocycles. The number of carbonyl (C=O) groups is 2. The molecule has 3 heterocycles. The van der Waals surface area contributed by atoms with Crippen LogP contribution in [0.2, 0.25) is 0 Å². The van der Waals surface area contributed by atoms with Crippen LogP contribution in [0.5, 0.6) is 0 Å². The molecule has 2 amide bonds. The molecule has 1 saturated heterocycles. The SMILES string of the molecule is O=C(NCC(=O)N(Cc1ccccn1)C1CCCNCC1)c1cccs1. The van der Waals surface area contributed by atoms with Crippen molar-refractivity contribution in [2.75, 3.05) is 19.6 Å². The van der Waals surface area contributed by atoms with Crippen LogP contribution in [0.3, 0.4) is 0 Å². The van der Waals surface area contributed by atoms with E-state index in [4.69, 9.17) is 0 Å². The van der Waals surface area contributed by atoms with Gasteiger partial charge in [-0.15, -0.1) is 11.3 Å². The first-order valence-corrected chi connectivity index (χ1v) is 9.84. The quantitative estimate of drug-likeness (QED) is 0.814. The van der Waals surface area contributed by atoms with E-state index >= 15 is 0 Å². The summed E-state index contributed by atoms with van der Waals surface area (Å²) >= 11 is 1.37. The minimum absolute atomic E-state index is 0.00744. The van der Waals surface area contributed by atoms with Crippen LogP contribution in [0.25, 0.3) is 0 Å². The van der Waals surface area contributed by atoms with Gasteiger partial charge in [-0.05, 0) is 55.9 Å². The van der Waals surface area contributed by atoms with Gasteiger partial charge < -0.3 is 15.5 Å². The van der Waals surface area contributed by atoms with Gasteiger partial charge in [0.15, 0.2) is 0 Å². The van der Waals surface area contributed by atoms with E-state index in [2.05, 4.69) is 15.6 Å². The molecule has 0 aliphatic carbocycles. The summed E-state index contributed by atoms with van der Waals surface area (Å²) in [4.78, 5) is 31.9. The van der Waals surface area contributed by atoms with Crippen LogP contribution in [0.4, 0.5) is 0 Å². The Bertz CT molecular complexity index is 698. The van der Waals surface area contributed by atoms with Crippen molar-refractivity contribution < 1.29 is 9.59 Å². The van der Waals surface area contributed by atoms with Crippen molar-refractivity contribution in [2.45, 2.75) is 31.8 Å². The van der Waals surface area contributed by atoms with Gasteiger partial charge in [0, 0.05) is 12.2 Å². The maximum absolute atomic E-state index is 12.9. The minimum Gasteiger partial charge on any atom is -0.342 e. The number of nitrogens with one attached hydrogen (secondary N) is 2. The van der Waals surface area contributed by atoms with Gasteiger partial charge in [0.25, 0.3) is 5.91 Å². The summed E-state index contributed by atoms with van der Waals surface area (Å²) in [6.07, 6.45) is 4.66. The Morgan fingerprint density at radius 2 is 2.15 bits per heavy atom. The zero-order chi connectivity index (χ0) is 18.2. The summed E-state index contributed by atoms with van der Waals surface area (Å²) in [5.41, 5.74) is 0.864. The third-order valence-electron chi connectivity index (χ3n) is 4.51. The fraction of sp³-hybridized carbons (Fsp3) is 0.421. The Hall–Kier alpha value is -2.25. The zero-order valence-electron chi connectivity index (χ0n) is 14.7. The number of thiophene rings is 1. The van der Waals surface area contributed by atoms with E-state index in [0.717, 1.165) is 38.0 Å². The highest BCUT2D eigenvalue weighted by Gasteiger charge is 2.25. The third-order valence-corrected chi connectivity index (χ3v) is 5.38. The van der Waals surface area contributed by atoms with Crippen LogP contribution in [0.1, 0.15) is 34.6 Å². The number of hydrogen-bond acceptors (Lipinski definition) is 5. The highest BCUT2D eigenvalue weighted by molar-refractivity contribution is 7.12. The van der Waals surface area contributed by atoms with E-state index in [1.807, 2.05) is 34.5 Å². The highest BCUT2D eigenvalue weighted by Crippen LogP contribution is 2.16. The molecule has 1 atom stereocenters. The van der Waals surface area contributed by atoms with Gasteiger partial charge in [0.05, 0.1) is 23.7 Å². The van der Waals surface area contributed by atoms with Gasteiger partial charge in [-0.3, -0.25) is 14.6 Å². The van der Waals surface area contributed by atoms with E-state index in [-0.39, 0.29) is 24.4 Å². The number of hydrogen-bond donors (Lipinski definition) is 2. The molecule has 3 rings (SSSR count). The van der Waals surface area contributed by atoms with E-state index in [9.17, 15) is 9.59 Å². The molecule has 138 valence electrons. The minimum atomic E-state index is -0.200. The van der Waals surface area contributed by atoms with Gasteiger partial charge in [0.1, 0.15) is 0 Å². The van der Waals surface area contributed by atoms with Crippen molar-refractivity contribution in [3.8, 4) is 0 Å². The van der Waals surface area contributed by atoms with Gasteiger partial charge in [-0.1, -0.05) is 12.1 Å². The van der Waals surface area contributed by atoms with E-state index < -0.39 is 0 Å². The van der Waals surface area contributed by atoms with Crippen molar-refractivity contribution in [2.24, 2.45) is 0 Å². The lowest BCUT2D eigenvalue weighted by Crippen LogP contribution is -2.45. The average molecular weight is 372 g/mol. The van der Waals surface area contributed by atoms with E-state index in [1.165, 1.54) is 11.3 Å². The molecule has 0 radical (unpaired) electrons. The Morgan fingerprint density at radius 1 is 1.23 bits per heavy atom. The molecule has 1 aliphatic rings. The molecule has 7 heteroatoms. The van der Waals surface area contributed by atoms with Crippen molar-refractivity contribution in [3.63, 3.8) is 0 Å². The summed E-state index contributed by atoms with van der Waals surface area (Å²) in [5.74, 6) is -0.263. The fourth-order valence-corrected chi connectivity index (χ4v) is 3.79. The molecule has 1 fully saturated rings. The lowest BCUT2D eigenvalue weighted by Gasteiger charge is -2.31. The Kier molecular flexibility index (Phi) is 6.74. The zero-order valence-corrected chi connectivity index (χ0v) is 15.5. The van der Waals surface area contributed by atoms with E-state index in [0.29, 0.717) is 11.4 Å². The van der Waals surface area contributed by atoms with Gasteiger partial charge >= 0.3 is 0 Å². The van der Waals surface area contributed by atoms with Crippen LogP contribution in [0, 0.1) is 0 Å². The molecule has 2 N–H and O–H groups in total. The second kappa shape index (κ2) is 9.45. The number of amides is 2. The summed E-state index contributed by atoms with van der Waals surface area (Å²) < 4.78 is 0.